The highest BCUT2D eigenvalue weighted by atomic mass is 35.5. The number of nitro groups is 1. The van der Waals surface area contributed by atoms with Crippen LogP contribution < -0.4 is 5.73 Å². The largest absolute Gasteiger partial charge is 0.502 e. The molecule has 80 valence electrons. The molecule has 0 fully saturated rings. The second-order valence-corrected chi connectivity index (χ2v) is 2.98. The van der Waals surface area contributed by atoms with Gasteiger partial charge in [-0.05, 0) is 12.1 Å². The Bertz CT molecular complexity index is 433. The summed E-state index contributed by atoms with van der Waals surface area (Å²) in [7, 11) is 0. The fraction of sp³-hybridized carbons (Fsp3) is 0.125. The van der Waals surface area contributed by atoms with Crippen molar-refractivity contribution in [2.45, 2.75) is 0 Å². The third kappa shape index (κ3) is 1.99. The maximum absolute atomic E-state index is 11.3. The number of alkyl halides is 1. The SMILES string of the molecule is Nc1ccc(O)c([N+](=O)[O-])c1C(=O)CCl. The zero-order chi connectivity index (χ0) is 11.6. The molecule has 0 heterocycles. The molecule has 0 radical (unpaired) electrons. The number of phenols is 1. The van der Waals surface area contributed by atoms with Crippen LogP contribution in [0.4, 0.5) is 11.4 Å². The number of ketones is 1. The van der Waals surface area contributed by atoms with E-state index in [0.29, 0.717) is 0 Å². The van der Waals surface area contributed by atoms with E-state index in [9.17, 15) is 20.0 Å². The molecule has 0 aliphatic heterocycles. The number of nitrogens with two attached hydrogens (primary N) is 1. The van der Waals surface area contributed by atoms with Crippen molar-refractivity contribution in [3.63, 3.8) is 0 Å². The summed E-state index contributed by atoms with van der Waals surface area (Å²) in [5.74, 6) is -1.74. The Morgan fingerprint density at radius 3 is 2.67 bits per heavy atom. The highest BCUT2D eigenvalue weighted by Gasteiger charge is 2.26. The lowest BCUT2D eigenvalue weighted by atomic mass is 10.1. The topological polar surface area (TPSA) is 106 Å². The number of anilines is 1. The molecule has 0 aromatic heterocycles. The molecule has 0 saturated carbocycles. The minimum Gasteiger partial charge on any atom is -0.502 e. The molecule has 1 aromatic rings. The maximum atomic E-state index is 11.3. The van der Waals surface area contributed by atoms with E-state index in [1.165, 1.54) is 6.07 Å². The van der Waals surface area contributed by atoms with E-state index >= 15 is 0 Å². The predicted molar refractivity (Wildman–Crippen MR) is 54.2 cm³/mol. The van der Waals surface area contributed by atoms with Crippen molar-refractivity contribution in [1.82, 2.24) is 0 Å². The number of phenolic OH excluding ortho intramolecular Hbond substituents is 1. The van der Waals surface area contributed by atoms with Crippen LogP contribution in [0.25, 0.3) is 0 Å². The van der Waals surface area contributed by atoms with Crippen LogP contribution in [0.2, 0.25) is 0 Å². The number of rotatable bonds is 3. The molecule has 0 unspecified atom stereocenters. The summed E-state index contributed by atoms with van der Waals surface area (Å²) in [5.41, 5.74) is 4.27. The standard InChI is InChI=1S/C8H7ClN2O4/c9-3-6(13)7-4(10)1-2-5(12)8(7)11(14)15/h1-2,12H,3,10H2. The van der Waals surface area contributed by atoms with Crippen molar-refractivity contribution in [2.24, 2.45) is 0 Å². The van der Waals surface area contributed by atoms with Crippen LogP contribution >= 0.6 is 11.6 Å². The molecular weight excluding hydrogens is 224 g/mol. The van der Waals surface area contributed by atoms with E-state index in [4.69, 9.17) is 17.3 Å². The molecule has 0 aliphatic rings. The first-order chi connectivity index (χ1) is 6.99. The van der Waals surface area contributed by atoms with E-state index in [1.807, 2.05) is 0 Å². The zero-order valence-corrected chi connectivity index (χ0v) is 8.19. The lowest BCUT2D eigenvalue weighted by molar-refractivity contribution is -0.386. The third-order valence-electron chi connectivity index (χ3n) is 1.77. The number of nitro benzene ring substituents is 1. The number of carbonyl (C=O) groups excluding carboxylic acids is 1. The van der Waals surface area contributed by atoms with Gasteiger partial charge in [-0.1, -0.05) is 0 Å². The monoisotopic (exact) mass is 230 g/mol. The van der Waals surface area contributed by atoms with Gasteiger partial charge in [-0.3, -0.25) is 14.9 Å². The molecule has 1 aromatic carbocycles. The molecule has 3 N–H and O–H groups in total. The lowest BCUT2D eigenvalue weighted by Crippen LogP contribution is -2.09. The first kappa shape index (κ1) is 11.3. The molecule has 0 spiro atoms. The third-order valence-corrected chi connectivity index (χ3v) is 2.01. The summed E-state index contributed by atoms with van der Waals surface area (Å²) in [6.45, 7) is 0. The van der Waals surface area contributed by atoms with Crippen molar-refractivity contribution in [1.29, 1.82) is 0 Å². The Kier molecular flexibility index (Phi) is 3.11. The van der Waals surface area contributed by atoms with Gasteiger partial charge in [0, 0.05) is 5.69 Å². The number of nitrogen functional groups attached to an aromatic ring is 1. The average molecular weight is 231 g/mol. The Balaban J connectivity index is 3.52. The molecule has 7 heteroatoms. The van der Waals surface area contributed by atoms with Crippen molar-refractivity contribution in [3.05, 3.63) is 27.8 Å². The summed E-state index contributed by atoms with van der Waals surface area (Å²) >= 11 is 5.28. The molecule has 1 rings (SSSR count). The lowest BCUT2D eigenvalue weighted by Gasteiger charge is -2.04. The van der Waals surface area contributed by atoms with E-state index < -0.39 is 28.0 Å². The fourth-order valence-electron chi connectivity index (χ4n) is 1.14. The van der Waals surface area contributed by atoms with Gasteiger partial charge in [0.05, 0.1) is 10.8 Å². The summed E-state index contributed by atoms with van der Waals surface area (Å²) in [6.07, 6.45) is 0. The quantitative estimate of drug-likeness (QED) is 0.203. The molecule has 0 saturated heterocycles. The second-order valence-electron chi connectivity index (χ2n) is 2.71. The van der Waals surface area contributed by atoms with Gasteiger partial charge in [-0.2, -0.15) is 0 Å². The summed E-state index contributed by atoms with van der Waals surface area (Å²) in [4.78, 5) is 21.0. The van der Waals surface area contributed by atoms with Crippen LogP contribution in [-0.4, -0.2) is 21.7 Å². The number of aromatic hydroxyl groups is 1. The van der Waals surface area contributed by atoms with E-state index in [0.717, 1.165) is 6.07 Å². The minimum atomic E-state index is -0.870. The molecule has 0 bridgehead atoms. The average Bonchev–Trinajstić information content (AvgIpc) is 2.19. The van der Waals surface area contributed by atoms with Crippen LogP contribution in [0, 0.1) is 10.1 Å². The van der Waals surface area contributed by atoms with Crippen molar-refractivity contribution in [3.8, 4) is 5.75 Å². The molecule has 0 atom stereocenters. The smallest absolute Gasteiger partial charge is 0.323 e. The maximum Gasteiger partial charge on any atom is 0.323 e. The Hall–Kier alpha value is -1.82. The second kappa shape index (κ2) is 4.14. The van der Waals surface area contributed by atoms with E-state index in [2.05, 4.69) is 0 Å². The van der Waals surface area contributed by atoms with Gasteiger partial charge in [-0.15, -0.1) is 11.6 Å². The summed E-state index contributed by atoms with van der Waals surface area (Å²) in [6, 6.07) is 2.26. The number of Topliss-reactive ketones (excluding diaryl/α,β-unsaturated/α-hetero) is 1. The zero-order valence-electron chi connectivity index (χ0n) is 7.44. The number of halogens is 1. The normalized spacial score (nSPS) is 9.93. The first-order valence-electron chi connectivity index (χ1n) is 3.84. The molecule has 6 nitrogen and oxygen atoms in total. The molecule has 0 amide bonds. The molecule has 15 heavy (non-hydrogen) atoms. The summed E-state index contributed by atoms with van der Waals surface area (Å²) < 4.78 is 0. The fourth-order valence-corrected chi connectivity index (χ4v) is 1.27. The van der Waals surface area contributed by atoms with Crippen LogP contribution in [0.5, 0.6) is 5.75 Å². The summed E-state index contributed by atoms with van der Waals surface area (Å²) in [5, 5.41) is 19.8. The van der Waals surface area contributed by atoms with Gasteiger partial charge < -0.3 is 10.8 Å². The van der Waals surface area contributed by atoms with Crippen LogP contribution in [0.15, 0.2) is 12.1 Å². The van der Waals surface area contributed by atoms with Crippen LogP contribution in [0.1, 0.15) is 10.4 Å². The van der Waals surface area contributed by atoms with E-state index in [-0.39, 0.29) is 11.3 Å². The van der Waals surface area contributed by atoms with Gasteiger partial charge in [0.15, 0.2) is 11.5 Å². The van der Waals surface area contributed by atoms with Gasteiger partial charge in [-0.25, -0.2) is 0 Å². The highest BCUT2D eigenvalue weighted by Crippen LogP contribution is 2.34. The number of carbonyl (C=O) groups is 1. The number of nitrogens with zero attached hydrogens (tertiary/aromatic N) is 1. The number of benzene rings is 1. The van der Waals surface area contributed by atoms with Crippen molar-refractivity contribution >= 4 is 28.8 Å². The minimum absolute atomic E-state index is 0.0786. The van der Waals surface area contributed by atoms with Crippen LogP contribution in [0.3, 0.4) is 0 Å². The van der Waals surface area contributed by atoms with Crippen molar-refractivity contribution < 1.29 is 14.8 Å². The highest BCUT2D eigenvalue weighted by molar-refractivity contribution is 6.31. The molecular formula is C8H7ClN2O4. The first-order valence-corrected chi connectivity index (χ1v) is 4.37. The predicted octanol–water partition coefficient (Wildman–Crippen LogP) is 1.30. The Morgan fingerprint density at radius 1 is 1.60 bits per heavy atom. The Labute approximate surface area is 89.4 Å². The van der Waals surface area contributed by atoms with Gasteiger partial charge in [0.1, 0.15) is 5.56 Å². The van der Waals surface area contributed by atoms with Gasteiger partial charge >= 0.3 is 5.69 Å². The molecule has 0 aliphatic carbocycles. The number of hydrogen-bond donors (Lipinski definition) is 2. The number of hydrogen-bond acceptors (Lipinski definition) is 5. The van der Waals surface area contributed by atoms with Gasteiger partial charge in [0.25, 0.3) is 0 Å². The van der Waals surface area contributed by atoms with E-state index in [1.54, 1.807) is 0 Å². The van der Waals surface area contributed by atoms with Gasteiger partial charge in [0.2, 0.25) is 0 Å². The van der Waals surface area contributed by atoms with Crippen molar-refractivity contribution in [2.75, 3.05) is 11.6 Å². The Morgan fingerprint density at radius 2 is 2.20 bits per heavy atom. The van der Waals surface area contributed by atoms with Crippen LogP contribution in [-0.2, 0) is 0 Å².